The lowest BCUT2D eigenvalue weighted by atomic mass is 9.86. The maximum absolute atomic E-state index is 2.46. The minimum Gasteiger partial charge on any atom is -0.0620 e. The van der Waals surface area contributed by atoms with Crippen LogP contribution in [0.3, 0.4) is 0 Å². The van der Waals surface area contributed by atoms with Gasteiger partial charge in [0.2, 0.25) is 0 Å². The Bertz CT molecular complexity index is 1210. The Morgan fingerprint density at radius 1 is 0.429 bits per heavy atom. The lowest BCUT2D eigenvalue weighted by Gasteiger charge is -2.40. The molecule has 0 saturated carbocycles. The van der Waals surface area contributed by atoms with E-state index in [9.17, 15) is 0 Å². The van der Waals surface area contributed by atoms with Crippen molar-refractivity contribution in [2.75, 3.05) is 0 Å². The van der Waals surface area contributed by atoms with Gasteiger partial charge in [-0.05, 0) is 80.6 Å². The maximum atomic E-state index is 2.46. The smallest absolute Gasteiger partial charge is 0.0620 e. The summed E-state index contributed by atoms with van der Waals surface area (Å²) < 4.78 is 0. The lowest BCUT2D eigenvalue weighted by Crippen LogP contribution is -2.66. The Hall–Kier alpha value is -2.90. The molecule has 35 heavy (non-hydrogen) atoms. The van der Waals surface area contributed by atoms with Crippen molar-refractivity contribution in [2.24, 2.45) is 0 Å². The molecule has 0 radical (unpaired) electrons. The van der Waals surface area contributed by atoms with E-state index < -0.39 is 8.07 Å². The molecule has 0 saturated heterocycles. The summed E-state index contributed by atoms with van der Waals surface area (Å²) in [6.45, 7) is 9.46. The normalized spacial score (nSPS) is 19.0. The Balaban J connectivity index is 1.85. The van der Waals surface area contributed by atoms with E-state index in [0.717, 1.165) is 25.7 Å². The van der Waals surface area contributed by atoms with Gasteiger partial charge < -0.3 is 0 Å². The first-order chi connectivity index (χ1) is 17.2. The Morgan fingerprint density at radius 2 is 0.714 bits per heavy atom. The minimum absolute atomic E-state index is 0.482. The van der Waals surface area contributed by atoms with Crippen molar-refractivity contribution < 1.29 is 0 Å². The molecule has 0 aliphatic carbocycles. The predicted octanol–water partition coefficient (Wildman–Crippen LogP) is 6.87. The van der Waals surface area contributed by atoms with Gasteiger partial charge in [0.15, 0.2) is 0 Å². The van der Waals surface area contributed by atoms with E-state index in [2.05, 4.69) is 113 Å². The standard InChI is InChI=1S/C34H36Si/c1-5-23-15-13-16-24(6-2)31(23)35(32-25(7-3)17-14-18-26(32)8-4)33-27-19-9-10-20-28(27)34(35)30-22-12-11-21-29(30)33/h9-22,33-34H,5-8H2,1-4H3. The van der Waals surface area contributed by atoms with Crippen molar-refractivity contribution >= 4 is 18.4 Å². The molecule has 2 heterocycles. The minimum atomic E-state index is -2.35. The van der Waals surface area contributed by atoms with Gasteiger partial charge in [0, 0.05) is 11.1 Å². The highest BCUT2D eigenvalue weighted by atomic mass is 28.3. The van der Waals surface area contributed by atoms with Crippen LogP contribution in [0.2, 0.25) is 0 Å². The summed E-state index contributed by atoms with van der Waals surface area (Å²) >= 11 is 0. The average Bonchev–Trinajstić information content (AvgIpc) is 3.39. The van der Waals surface area contributed by atoms with Crippen LogP contribution in [-0.4, -0.2) is 8.07 Å². The van der Waals surface area contributed by atoms with Gasteiger partial charge in [-0.3, -0.25) is 0 Å². The molecule has 176 valence electrons. The Kier molecular flexibility index (Phi) is 5.57. The predicted molar refractivity (Wildman–Crippen MR) is 152 cm³/mol. The fourth-order valence-corrected chi connectivity index (χ4v) is 15.7. The van der Waals surface area contributed by atoms with Gasteiger partial charge in [-0.1, -0.05) is 113 Å². The third-order valence-corrected chi connectivity index (χ3v) is 15.0. The van der Waals surface area contributed by atoms with Crippen LogP contribution in [-0.2, 0) is 25.7 Å². The first-order valence-electron chi connectivity index (χ1n) is 13.6. The van der Waals surface area contributed by atoms with Gasteiger partial charge in [-0.25, -0.2) is 0 Å². The second kappa shape index (κ2) is 8.64. The molecular formula is C34H36Si. The number of hydrogen-bond donors (Lipinski definition) is 0. The topological polar surface area (TPSA) is 0 Å². The summed E-state index contributed by atoms with van der Waals surface area (Å²) in [4.78, 5) is 0. The van der Waals surface area contributed by atoms with Gasteiger partial charge >= 0.3 is 0 Å². The maximum Gasteiger partial charge on any atom is 0.142 e. The highest BCUT2D eigenvalue weighted by Crippen LogP contribution is 2.61. The highest BCUT2D eigenvalue weighted by Gasteiger charge is 2.65. The SMILES string of the molecule is CCc1cccc(CC)c1[Si]1(c2c(CC)cccc2CC)C2c3ccccc3C1c1ccccc12. The molecule has 0 fully saturated rings. The van der Waals surface area contributed by atoms with Crippen LogP contribution >= 0.6 is 0 Å². The molecule has 0 amide bonds. The summed E-state index contributed by atoms with van der Waals surface area (Å²) in [6, 6.07) is 33.3. The van der Waals surface area contributed by atoms with Gasteiger partial charge in [0.1, 0.15) is 8.07 Å². The van der Waals surface area contributed by atoms with Crippen LogP contribution in [0.5, 0.6) is 0 Å². The molecule has 4 aromatic carbocycles. The van der Waals surface area contributed by atoms with E-state index in [-0.39, 0.29) is 0 Å². The van der Waals surface area contributed by atoms with Gasteiger partial charge in [0.05, 0.1) is 0 Å². The molecule has 6 rings (SSSR count). The van der Waals surface area contributed by atoms with Crippen LogP contribution in [0.1, 0.15) is 83.3 Å². The summed E-state index contributed by atoms with van der Waals surface area (Å²) in [6.07, 6.45) is 4.39. The fourth-order valence-electron chi connectivity index (χ4n) is 7.81. The van der Waals surface area contributed by atoms with Crippen LogP contribution in [0.15, 0.2) is 84.9 Å². The first kappa shape index (κ1) is 22.6. The van der Waals surface area contributed by atoms with Gasteiger partial charge in [-0.15, -0.1) is 0 Å². The monoisotopic (exact) mass is 472 g/mol. The molecule has 2 aliphatic rings. The molecule has 0 atom stereocenters. The third kappa shape index (κ3) is 2.91. The molecule has 0 nitrogen and oxygen atoms in total. The Morgan fingerprint density at radius 3 is 0.971 bits per heavy atom. The van der Waals surface area contributed by atoms with E-state index in [1.54, 1.807) is 54.9 Å². The van der Waals surface area contributed by atoms with Crippen molar-refractivity contribution in [3.05, 3.63) is 129 Å². The largest absolute Gasteiger partial charge is 0.142 e. The molecule has 1 heteroatoms. The zero-order chi connectivity index (χ0) is 24.2. The van der Waals surface area contributed by atoms with Crippen molar-refractivity contribution in [3.8, 4) is 0 Å². The van der Waals surface area contributed by atoms with Crippen molar-refractivity contribution in [1.29, 1.82) is 0 Å². The molecular weight excluding hydrogens is 436 g/mol. The van der Waals surface area contributed by atoms with Crippen molar-refractivity contribution in [3.63, 3.8) is 0 Å². The van der Waals surface area contributed by atoms with Crippen LogP contribution in [0.4, 0.5) is 0 Å². The Labute approximate surface area is 212 Å². The first-order valence-corrected chi connectivity index (χ1v) is 15.8. The van der Waals surface area contributed by atoms with E-state index in [0.29, 0.717) is 11.1 Å². The molecule has 2 bridgehead atoms. The second-order valence-corrected chi connectivity index (χ2v) is 14.2. The van der Waals surface area contributed by atoms with Crippen molar-refractivity contribution in [2.45, 2.75) is 64.5 Å². The van der Waals surface area contributed by atoms with E-state index in [4.69, 9.17) is 0 Å². The summed E-state index contributed by atoms with van der Waals surface area (Å²) in [5, 5.41) is 3.51. The van der Waals surface area contributed by atoms with E-state index in [1.165, 1.54) is 0 Å². The average molecular weight is 473 g/mol. The zero-order valence-electron chi connectivity index (χ0n) is 21.6. The summed E-state index contributed by atoms with van der Waals surface area (Å²) in [7, 11) is -2.35. The van der Waals surface area contributed by atoms with E-state index >= 15 is 0 Å². The lowest BCUT2D eigenvalue weighted by molar-refractivity contribution is 1.04. The van der Waals surface area contributed by atoms with Crippen molar-refractivity contribution in [1.82, 2.24) is 0 Å². The number of benzene rings is 4. The van der Waals surface area contributed by atoms with Crippen LogP contribution in [0, 0.1) is 0 Å². The second-order valence-electron chi connectivity index (χ2n) is 10.3. The van der Waals surface area contributed by atoms with E-state index in [1.807, 2.05) is 0 Å². The number of fused-ring (bicyclic) bond motifs is 8. The third-order valence-electron chi connectivity index (χ3n) is 8.97. The van der Waals surface area contributed by atoms with Gasteiger partial charge in [0.25, 0.3) is 0 Å². The highest BCUT2D eigenvalue weighted by molar-refractivity contribution is 7.07. The summed E-state index contributed by atoms with van der Waals surface area (Å²) in [5.41, 5.74) is 13.7. The molecule has 0 spiro atoms. The fraction of sp³-hybridized carbons (Fsp3) is 0.294. The van der Waals surface area contributed by atoms with Crippen LogP contribution in [0.25, 0.3) is 0 Å². The summed E-state index contributed by atoms with van der Waals surface area (Å²) in [5.74, 6) is 0. The number of hydrogen-bond acceptors (Lipinski definition) is 0. The molecule has 0 unspecified atom stereocenters. The molecule has 0 aromatic heterocycles. The quantitative estimate of drug-likeness (QED) is 0.269. The van der Waals surface area contributed by atoms with Gasteiger partial charge in [-0.2, -0.15) is 0 Å². The zero-order valence-corrected chi connectivity index (χ0v) is 22.6. The van der Waals surface area contributed by atoms with Crippen LogP contribution < -0.4 is 10.4 Å². The number of rotatable bonds is 6. The molecule has 2 aliphatic heterocycles. The molecule has 0 N–H and O–H groups in total. The molecule has 4 aromatic rings. The number of aryl methyl sites for hydroxylation is 4.